The van der Waals surface area contributed by atoms with Gasteiger partial charge in [0.2, 0.25) is 0 Å². The second-order valence-corrected chi connectivity index (χ2v) is 5.79. The summed E-state index contributed by atoms with van der Waals surface area (Å²) in [5, 5.41) is 2.35. The van der Waals surface area contributed by atoms with Gasteiger partial charge in [-0.25, -0.2) is 4.98 Å². The molecule has 2 heterocycles. The van der Waals surface area contributed by atoms with E-state index in [-0.39, 0.29) is 0 Å². The van der Waals surface area contributed by atoms with E-state index in [4.69, 9.17) is 10.5 Å². The van der Waals surface area contributed by atoms with Gasteiger partial charge in [-0.05, 0) is 42.0 Å². The van der Waals surface area contributed by atoms with E-state index in [9.17, 15) is 0 Å². The average Bonchev–Trinajstić information content (AvgIpc) is 2.54. The molecule has 21 heavy (non-hydrogen) atoms. The van der Waals surface area contributed by atoms with Crippen LogP contribution in [-0.4, -0.2) is 31.2 Å². The predicted octanol–water partition coefficient (Wildman–Crippen LogP) is 2.81. The third-order valence-corrected chi connectivity index (χ3v) is 4.57. The van der Waals surface area contributed by atoms with Crippen molar-refractivity contribution in [2.75, 3.05) is 25.1 Å². The molecule has 112 valence electrons. The molecule has 4 nitrogen and oxygen atoms in total. The summed E-state index contributed by atoms with van der Waals surface area (Å²) >= 11 is 0. The fraction of sp³-hybridized carbons (Fsp3) is 0.471. The van der Waals surface area contributed by atoms with Crippen LogP contribution in [0.25, 0.3) is 10.8 Å². The van der Waals surface area contributed by atoms with Gasteiger partial charge in [-0.1, -0.05) is 13.3 Å². The number of nitrogens with zero attached hydrogens (tertiary/aromatic N) is 2. The number of rotatable bonds is 3. The van der Waals surface area contributed by atoms with Gasteiger partial charge < -0.3 is 15.4 Å². The molecule has 0 saturated carbocycles. The Morgan fingerprint density at radius 2 is 2.24 bits per heavy atom. The molecule has 1 aromatic heterocycles. The van der Waals surface area contributed by atoms with Gasteiger partial charge in [-0.3, -0.25) is 0 Å². The second-order valence-electron chi connectivity index (χ2n) is 5.79. The van der Waals surface area contributed by atoms with E-state index in [2.05, 4.69) is 28.9 Å². The van der Waals surface area contributed by atoms with Gasteiger partial charge >= 0.3 is 0 Å². The Hall–Kier alpha value is -1.81. The van der Waals surface area contributed by atoms with E-state index in [1.165, 1.54) is 10.8 Å². The maximum Gasteiger partial charge on any atom is 0.136 e. The molecule has 1 aliphatic rings. The minimum absolute atomic E-state index is 0.321. The largest absolute Gasteiger partial charge is 0.497 e. The van der Waals surface area contributed by atoms with E-state index in [1.807, 2.05) is 18.3 Å². The lowest BCUT2D eigenvalue weighted by Crippen LogP contribution is -2.47. The lowest BCUT2D eigenvalue weighted by atomic mass is 9.90. The van der Waals surface area contributed by atoms with Crippen LogP contribution in [0.2, 0.25) is 0 Å². The molecule has 1 saturated heterocycles. The summed E-state index contributed by atoms with van der Waals surface area (Å²) in [5.74, 6) is 2.50. The van der Waals surface area contributed by atoms with Crippen LogP contribution in [0.3, 0.4) is 0 Å². The Kier molecular flexibility index (Phi) is 3.97. The lowest BCUT2D eigenvalue weighted by molar-refractivity contribution is 0.347. The number of hydrogen-bond donors (Lipinski definition) is 1. The summed E-state index contributed by atoms with van der Waals surface area (Å²) in [6.45, 7) is 4.20. The molecule has 2 unspecified atom stereocenters. The Morgan fingerprint density at radius 3 is 3.00 bits per heavy atom. The molecule has 0 spiro atoms. The van der Waals surface area contributed by atoms with Crippen molar-refractivity contribution in [1.82, 2.24) is 4.98 Å². The standard InChI is InChI=1S/C17H23N3O/c1-3-12-11-20(9-7-16(12)18)17-15-5-4-14(21-2)10-13(15)6-8-19-17/h4-6,8,10,12,16H,3,7,9,11,18H2,1-2H3. The van der Waals surface area contributed by atoms with Crippen molar-refractivity contribution in [3.05, 3.63) is 30.5 Å². The molecule has 0 aliphatic carbocycles. The summed E-state index contributed by atoms with van der Waals surface area (Å²) in [7, 11) is 1.70. The first-order valence-corrected chi connectivity index (χ1v) is 7.66. The van der Waals surface area contributed by atoms with E-state index < -0.39 is 0 Å². The van der Waals surface area contributed by atoms with Crippen LogP contribution < -0.4 is 15.4 Å². The monoisotopic (exact) mass is 285 g/mol. The van der Waals surface area contributed by atoms with Crippen molar-refractivity contribution >= 4 is 16.6 Å². The SMILES string of the molecule is CCC1CN(c2nccc3cc(OC)ccc23)CCC1N. The molecule has 4 heteroatoms. The summed E-state index contributed by atoms with van der Waals surface area (Å²) < 4.78 is 5.31. The van der Waals surface area contributed by atoms with Crippen LogP contribution in [0.15, 0.2) is 30.5 Å². The number of benzene rings is 1. The highest BCUT2D eigenvalue weighted by Crippen LogP contribution is 2.30. The number of fused-ring (bicyclic) bond motifs is 1. The Labute approximate surface area is 125 Å². The second kappa shape index (κ2) is 5.90. The van der Waals surface area contributed by atoms with Crippen molar-refractivity contribution in [1.29, 1.82) is 0 Å². The third-order valence-electron chi connectivity index (χ3n) is 4.57. The summed E-state index contributed by atoms with van der Waals surface area (Å²) in [4.78, 5) is 7.01. The summed E-state index contributed by atoms with van der Waals surface area (Å²) in [5.41, 5.74) is 6.22. The minimum Gasteiger partial charge on any atom is -0.497 e. The van der Waals surface area contributed by atoms with Crippen LogP contribution in [0.4, 0.5) is 5.82 Å². The van der Waals surface area contributed by atoms with Gasteiger partial charge in [0.1, 0.15) is 11.6 Å². The van der Waals surface area contributed by atoms with Gasteiger partial charge in [0, 0.05) is 30.7 Å². The first kappa shape index (κ1) is 14.1. The smallest absolute Gasteiger partial charge is 0.136 e. The van der Waals surface area contributed by atoms with Crippen LogP contribution in [0.1, 0.15) is 19.8 Å². The number of aromatic nitrogens is 1. The van der Waals surface area contributed by atoms with Crippen LogP contribution >= 0.6 is 0 Å². The summed E-state index contributed by atoms with van der Waals surface area (Å²) in [6.07, 6.45) is 4.04. The normalized spacial score (nSPS) is 22.5. The maximum absolute atomic E-state index is 6.22. The number of ether oxygens (including phenoxy) is 1. The molecule has 1 fully saturated rings. The number of nitrogens with two attached hydrogens (primary N) is 1. The third kappa shape index (κ3) is 2.68. The van der Waals surface area contributed by atoms with Crippen LogP contribution in [0, 0.1) is 5.92 Å². The van der Waals surface area contributed by atoms with E-state index >= 15 is 0 Å². The molecular formula is C17H23N3O. The topological polar surface area (TPSA) is 51.4 Å². The molecule has 3 rings (SSSR count). The number of methoxy groups -OCH3 is 1. The quantitative estimate of drug-likeness (QED) is 0.942. The Morgan fingerprint density at radius 1 is 1.38 bits per heavy atom. The van der Waals surface area contributed by atoms with Crippen molar-refractivity contribution in [3.8, 4) is 5.75 Å². The molecule has 0 amide bonds. The average molecular weight is 285 g/mol. The summed E-state index contributed by atoms with van der Waals surface area (Å²) in [6, 6.07) is 8.52. The molecule has 2 aromatic rings. The van der Waals surface area contributed by atoms with Gasteiger partial charge in [0.25, 0.3) is 0 Å². The number of anilines is 1. The molecular weight excluding hydrogens is 262 g/mol. The number of piperidine rings is 1. The van der Waals surface area contributed by atoms with E-state index in [1.54, 1.807) is 7.11 Å². The highest BCUT2D eigenvalue weighted by atomic mass is 16.5. The molecule has 2 atom stereocenters. The minimum atomic E-state index is 0.321. The zero-order valence-corrected chi connectivity index (χ0v) is 12.7. The Balaban J connectivity index is 1.96. The first-order valence-electron chi connectivity index (χ1n) is 7.66. The zero-order chi connectivity index (χ0) is 14.8. The molecule has 0 bridgehead atoms. The fourth-order valence-corrected chi connectivity index (χ4v) is 3.19. The first-order chi connectivity index (χ1) is 10.2. The van der Waals surface area contributed by atoms with Gasteiger partial charge in [-0.2, -0.15) is 0 Å². The van der Waals surface area contributed by atoms with Gasteiger partial charge in [0.15, 0.2) is 0 Å². The maximum atomic E-state index is 6.22. The van der Waals surface area contributed by atoms with Crippen molar-refractivity contribution in [2.24, 2.45) is 11.7 Å². The van der Waals surface area contributed by atoms with Crippen molar-refractivity contribution < 1.29 is 4.74 Å². The Bertz CT molecular complexity index is 628. The fourth-order valence-electron chi connectivity index (χ4n) is 3.19. The molecule has 2 N–H and O–H groups in total. The van der Waals surface area contributed by atoms with Crippen molar-refractivity contribution in [3.63, 3.8) is 0 Å². The van der Waals surface area contributed by atoms with Gasteiger partial charge in [-0.15, -0.1) is 0 Å². The lowest BCUT2D eigenvalue weighted by Gasteiger charge is -2.37. The van der Waals surface area contributed by atoms with Crippen molar-refractivity contribution in [2.45, 2.75) is 25.8 Å². The molecule has 1 aliphatic heterocycles. The van der Waals surface area contributed by atoms with Crippen LogP contribution in [0.5, 0.6) is 5.75 Å². The number of pyridine rings is 1. The molecule has 1 aromatic carbocycles. The van der Waals surface area contributed by atoms with E-state index in [0.717, 1.165) is 37.5 Å². The molecule has 0 radical (unpaired) electrons. The highest BCUT2D eigenvalue weighted by molar-refractivity contribution is 5.93. The van der Waals surface area contributed by atoms with Crippen LogP contribution in [-0.2, 0) is 0 Å². The van der Waals surface area contributed by atoms with Gasteiger partial charge in [0.05, 0.1) is 7.11 Å². The zero-order valence-electron chi connectivity index (χ0n) is 12.7. The number of hydrogen-bond acceptors (Lipinski definition) is 4. The van der Waals surface area contributed by atoms with E-state index in [0.29, 0.717) is 12.0 Å². The predicted molar refractivity (Wildman–Crippen MR) is 86.9 cm³/mol. The highest BCUT2D eigenvalue weighted by Gasteiger charge is 2.26.